The van der Waals surface area contributed by atoms with Crippen molar-refractivity contribution in [1.29, 1.82) is 0 Å². The van der Waals surface area contributed by atoms with Gasteiger partial charge in [0.15, 0.2) is 0 Å². The summed E-state index contributed by atoms with van der Waals surface area (Å²) >= 11 is 0. The van der Waals surface area contributed by atoms with Gasteiger partial charge in [-0.25, -0.2) is 14.4 Å². The number of fused-ring (bicyclic) bond motifs is 5. The van der Waals surface area contributed by atoms with Crippen molar-refractivity contribution >= 4 is 53.1 Å². The molecule has 0 heterocycles. The summed E-state index contributed by atoms with van der Waals surface area (Å²) in [5, 5.41) is 75.1. The van der Waals surface area contributed by atoms with Gasteiger partial charge in [0.2, 0.25) is 23.6 Å². The van der Waals surface area contributed by atoms with E-state index in [9.17, 15) is 69.0 Å². The van der Waals surface area contributed by atoms with Crippen LogP contribution < -0.4 is 32.3 Å². The normalized spacial score (nSPS) is 27.6. The lowest BCUT2D eigenvalue weighted by Gasteiger charge is -2.61. The molecule has 4 saturated carbocycles. The number of nitrogens with one attached hydrogen (secondary N) is 5. The molecule has 13 N–H and O–H groups in total. The number of rotatable bonds is 30. The number of hydrogen-bond donors (Lipinski definition) is 12. The number of benzene rings is 1. The van der Waals surface area contributed by atoms with Crippen molar-refractivity contribution in [3.05, 3.63) is 29.8 Å². The highest BCUT2D eigenvalue weighted by Crippen LogP contribution is 2.64. The van der Waals surface area contributed by atoms with Crippen LogP contribution in [0.5, 0.6) is 0 Å². The minimum atomic E-state index is -1.45. The first kappa shape index (κ1) is 59.5. The quantitative estimate of drug-likeness (QED) is 0.0384. The van der Waals surface area contributed by atoms with Crippen molar-refractivity contribution in [3.8, 4) is 0 Å². The minimum Gasteiger partial charge on any atom is -0.480 e. The fraction of sp³-hybridized carbons (Fsp3) is 0.731. The highest BCUT2D eigenvalue weighted by molar-refractivity contribution is 5.94. The SMILES string of the molecule is C[C@H](CCC(=O)N[C@@H](CCC(=O)N[C@@H](CCC(=O)NCCOCCOCC(=O)N[C@@H](CCCCNC(=O)c1ccc(N)cc1)C(=O)O)C(=O)O)C(=O)O)[C@H]1CC[C@@H]2C1[C@@H](O)C[C@H]1[C@H]2[C@H](O)C[C@@H]2C[C@H](O)CC[C@@]21C. The molecule has 1 unspecified atom stereocenters. The number of nitrogens with two attached hydrogens (primary N) is 1. The molecule has 1 aromatic carbocycles. The molecule has 0 saturated heterocycles. The van der Waals surface area contributed by atoms with Gasteiger partial charge in [-0.15, -0.1) is 0 Å². The van der Waals surface area contributed by atoms with E-state index in [-0.39, 0.29) is 117 Å². The number of carboxylic acids is 3. The molecule has 4 aliphatic carbocycles. The van der Waals surface area contributed by atoms with E-state index in [0.717, 1.165) is 25.7 Å². The van der Waals surface area contributed by atoms with Gasteiger partial charge < -0.3 is 72.4 Å². The Balaban J connectivity index is 0.905. The fourth-order valence-electron chi connectivity index (χ4n) is 12.4. The third-order valence-corrected chi connectivity index (χ3v) is 16.4. The van der Waals surface area contributed by atoms with Crippen molar-refractivity contribution in [2.24, 2.45) is 46.8 Å². The molecular weight excluding hydrogens is 965 g/mol. The zero-order chi connectivity index (χ0) is 54.1. The summed E-state index contributed by atoms with van der Waals surface area (Å²) < 4.78 is 10.6. The van der Waals surface area contributed by atoms with Gasteiger partial charge in [-0.2, -0.15) is 0 Å². The van der Waals surface area contributed by atoms with E-state index in [4.69, 9.17) is 15.2 Å². The summed E-state index contributed by atoms with van der Waals surface area (Å²) in [4.78, 5) is 98.4. The maximum absolute atomic E-state index is 13.1. The first-order chi connectivity index (χ1) is 35.2. The van der Waals surface area contributed by atoms with Gasteiger partial charge in [0.25, 0.3) is 5.91 Å². The molecule has 22 nitrogen and oxygen atoms in total. The second kappa shape index (κ2) is 28.5. The average Bonchev–Trinajstić information content (AvgIpc) is 3.80. The summed E-state index contributed by atoms with van der Waals surface area (Å²) in [5.74, 6) is -5.88. The Morgan fingerprint density at radius 2 is 1.23 bits per heavy atom. The summed E-state index contributed by atoms with van der Waals surface area (Å²) in [6.45, 7) is 4.36. The van der Waals surface area contributed by atoms with Crippen LogP contribution in [0.1, 0.15) is 127 Å². The van der Waals surface area contributed by atoms with Crippen LogP contribution >= 0.6 is 0 Å². The Kier molecular flexibility index (Phi) is 22.9. The molecule has 1 aromatic rings. The molecular formula is C52H80N6O16. The maximum Gasteiger partial charge on any atom is 0.326 e. The van der Waals surface area contributed by atoms with Crippen molar-refractivity contribution in [2.45, 2.75) is 153 Å². The van der Waals surface area contributed by atoms with Gasteiger partial charge in [-0.05, 0) is 155 Å². The van der Waals surface area contributed by atoms with Crippen LogP contribution in [-0.4, -0.2) is 154 Å². The average molecular weight is 1050 g/mol. The Labute approximate surface area is 432 Å². The number of aliphatic carboxylic acids is 3. The van der Waals surface area contributed by atoms with E-state index >= 15 is 0 Å². The Morgan fingerprint density at radius 3 is 1.88 bits per heavy atom. The van der Waals surface area contributed by atoms with Crippen molar-refractivity contribution in [3.63, 3.8) is 0 Å². The molecule has 14 atom stereocenters. The number of anilines is 1. The predicted molar refractivity (Wildman–Crippen MR) is 267 cm³/mol. The lowest BCUT2D eigenvalue weighted by molar-refractivity contribution is -0.181. The van der Waals surface area contributed by atoms with E-state index in [1.807, 2.05) is 6.92 Å². The van der Waals surface area contributed by atoms with Crippen LogP contribution in [0.4, 0.5) is 5.69 Å². The second-order valence-electron chi connectivity index (χ2n) is 21.3. The molecule has 4 aliphatic rings. The molecule has 4 fully saturated rings. The van der Waals surface area contributed by atoms with Gasteiger partial charge >= 0.3 is 17.9 Å². The number of aliphatic hydroxyl groups excluding tert-OH is 3. The molecule has 5 rings (SSSR count). The van der Waals surface area contributed by atoms with Crippen LogP contribution in [0.25, 0.3) is 0 Å². The summed E-state index contributed by atoms with van der Waals surface area (Å²) in [7, 11) is 0. The standard InChI is InChI=1S/C52H80N6O16/c1-29(34-11-12-35-46(34)41(61)27-36-47(35)40(60)26-31-25-33(59)18-19-52(31,36)2)6-15-43(63)56-39(51(71)72)14-17-44(64)57-38(50(69)70)13-16-42(62)54-21-22-73-23-24-74-28-45(65)58-37(49(67)68)5-3-4-20-55-48(66)30-7-9-32(53)10-8-30/h7-10,29,31,33-41,46-47,59-61H,3-6,11-28,53H2,1-2H3,(H,54,62)(H,55,66)(H,56,63)(H,57,64)(H,58,65)(H,67,68)(H,69,70)(H,71,72)/t29-,31+,33-,34-,35-,36+,37+,38+,39+,40-,41+,46?,47+,52+/m1/s1. The molecule has 0 aromatic heterocycles. The number of aliphatic hydroxyl groups is 3. The molecule has 414 valence electrons. The third-order valence-electron chi connectivity index (χ3n) is 16.4. The Hall–Kier alpha value is -5.42. The van der Waals surface area contributed by atoms with Crippen LogP contribution in [-0.2, 0) is 43.0 Å². The van der Waals surface area contributed by atoms with E-state index in [1.54, 1.807) is 24.3 Å². The van der Waals surface area contributed by atoms with E-state index < -0.39 is 84.9 Å². The minimum absolute atomic E-state index is 0.00778. The fourth-order valence-corrected chi connectivity index (χ4v) is 12.4. The lowest BCUT2D eigenvalue weighted by atomic mass is 9.45. The molecule has 0 aliphatic heterocycles. The van der Waals surface area contributed by atoms with Crippen molar-refractivity contribution in [2.75, 3.05) is 45.3 Å². The number of unbranched alkanes of at least 4 members (excludes halogenated alkanes) is 1. The van der Waals surface area contributed by atoms with Crippen LogP contribution in [0.15, 0.2) is 24.3 Å². The first-order valence-corrected chi connectivity index (χ1v) is 26.3. The maximum atomic E-state index is 13.1. The molecule has 0 bridgehead atoms. The molecule has 0 radical (unpaired) electrons. The van der Waals surface area contributed by atoms with Crippen molar-refractivity contribution in [1.82, 2.24) is 26.6 Å². The van der Waals surface area contributed by atoms with Gasteiger partial charge in [-0.1, -0.05) is 13.8 Å². The first-order valence-electron chi connectivity index (χ1n) is 26.3. The number of carbonyl (C=O) groups is 8. The largest absolute Gasteiger partial charge is 0.480 e. The topological polar surface area (TPSA) is 363 Å². The smallest absolute Gasteiger partial charge is 0.326 e. The van der Waals surface area contributed by atoms with Crippen molar-refractivity contribution < 1.29 is 78.5 Å². The third kappa shape index (κ3) is 17.1. The van der Waals surface area contributed by atoms with E-state index in [1.165, 1.54) is 0 Å². The highest BCUT2D eigenvalue weighted by atomic mass is 16.5. The van der Waals surface area contributed by atoms with Gasteiger partial charge in [0, 0.05) is 43.6 Å². The van der Waals surface area contributed by atoms with Crippen LogP contribution in [0.3, 0.4) is 0 Å². The van der Waals surface area contributed by atoms with Crippen LogP contribution in [0, 0.1) is 46.8 Å². The Morgan fingerprint density at radius 1 is 0.649 bits per heavy atom. The Bertz CT molecular complexity index is 2080. The zero-order valence-corrected chi connectivity index (χ0v) is 42.7. The summed E-state index contributed by atoms with van der Waals surface area (Å²) in [6.07, 6.45) is 4.24. The number of ether oxygens (including phenoxy) is 2. The summed E-state index contributed by atoms with van der Waals surface area (Å²) in [6, 6.07) is 2.41. The highest BCUT2D eigenvalue weighted by Gasteiger charge is 2.61. The van der Waals surface area contributed by atoms with E-state index in [2.05, 4.69) is 33.5 Å². The van der Waals surface area contributed by atoms with E-state index in [0.29, 0.717) is 56.3 Å². The molecule has 0 spiro atoms. The lowest BCUT2D eigenvalue weighted by Crippen LogP contribution is -2.59. The van der Waals surface area contributed by atoms with Gasteiger partial charge in [-0.3, -0.25) is 24.0 Å². The summed E-state index contributed by atoms with van der Waals surface area (Å²) in [5.41, 5.74) is 6.57. The molecule has 22 heteroatoms. The number of carbonyl (C=O) groups excluding carboxylic acids is 5. The monoisotopic (exact) mass is 1040 g/mol. The number of amides is 5. The second-order valence-corrected chi connectivity index (χ2v) is 21.3. The molecule has 74 heavy (non-hydrogen) atoms. The van der Waals surface area contributed by atoms with Gasteiger partial charge in [0.05, 0.1) is 38.1 Å². The molecule has 5 amide bonds. The van der Waals surface area contributed by atoms with Gasteiger partial charge in [0.1, 0.15) is 24.7 Å². The number of carboxylic acid groups (broad SMARTS) is 3. The number of hydrogen-bond acceptors (Lipinski definition) is 14. The zero-order valence-electron chi connectivity index (χ0n) is 42.7. The van der Waals surface area contributed by atoms with Crippen LogP contribution in [0.2, 0.25) is 0 Å². The predicted octanol–water partition coefficient (Wildman–Crippen LogP) is 1.57. The number of nitrogen functional groups attached to an aromatic ring is 1.